The molecule has 40 heteroatoms. The lowest BCUT2D eigenvalue weighted by molar-refractivity contribution is -0.130. The van der Waals surface area contributed by atoms with Crippen LogP contribution in [0, 0.1) is 0 Å². The lowest BCUT2D eigenvalue weighted by Gasteiger charge is -2.39. The molecule has 4 atom stereocenters. The van der Waals surface area contributed by atoms with E-state index in [9.17, 15) is 70.7 Å². The number of urea groups is 1. The second-order valence-corrected chi connectivity index (χ2v) is 40.7. The summed E-state index contributed by atoms with van der Waals surface area (Å²) in [6.45, 7) is 25.3. The number of nitrogens with zero attached hydrogens (tertiary/aromatic N) is 14. The van der Waals surface area contributed by atoms with E-state index in [0.29, 0.717) is 188 Å². The number of alkyl halides is 1. The van der Waals surface area contributed by atoms with Crippen molar-refractivity contribution in [3.05, 3.63) is 263 Å². The average molecular weight is 2080 g/mol. The van der Waals surface area contributed by atoms with Crippen LogP contribution in [0.2, 0.25) is 0 Å². The van der Waals surface area contributed by atoms with Crippen LogP contribution in [-0.4, -0.2) is 358 Å². The summed E-state index contributed by atoms with van der Waals surface area (Å²) in [6, 6.07) is 56.4. The molecule has 0 aliphatic carbocycles. The second kappa shape index (κ2) is 49.8. The maximum absolute atomic E-state index is 13.4. The molecule has 0 spiro atoms. The summed E-state index contributed by atoms with van der Waals surface area (Å²) in [5.41, 5.74) is 8.40. The van der Waals surface area contributed by atoms with E-state index < -0.39 is 57.0 Å². The van der Waals surface area contributed by atoms with E-state index in [1.807, 2.05) is 173 Å². The molecule has 4 aromatic heterocycles. The van der Waals surface area contributed by atoms with Crippen LogP contribution in [0.4, 0.5) is 27.5 Å². The number of carbonyl (C=O) groups excluding carboxylic acids is 13. The maximum atomic E-state index is 13.4. The number of carbonyl (C=O) groups is 13. The Morgan fingerprint density at radius 3 is 1.08 bits per heavy atom. The number of aromatic amines is 4. The molecule has 150 heavy (non-hydrogen) atoms. The standard InChI is InChI=1S/C30H39N7O3.C29H36N6O3.C27H28ClN5O4.C24H27N5O5S/c1-5-31-30(32-15-10-16-35(3)4)34-25-14-9-13-23-24(19-33-26(23)25)27(38)29(40)37-18-17-36(20-21(37)2)28(39)22-11-7-6-8-12-22;1-18(2)31-29(32-19(3)4)33-24-13-9-12-22-23(16-30-25(22)24)26(36)28(38)35-15-14-34(17-20(35)5)27(37)21-10-7-6-8-11-21;1-18-17-31(25(35)19-6-3-2-4-7-19)13-14-32(18)26(36)24(34)21-16-29-23-20(21)8-5-9-22(23)33-15-12-30(11-10-28)27(33)37;1-16-15-28(23(31)17-8-5-4-6-9-17)12-13-29(16)24(32)22(30)19-14-25-21-18(19)10-7-11-20(21)26-35(33,34)27(2)3/h6-9,11-14,19,21,33H,5,10,15-18,20H2,1-4H3,(H2,31,32,34);6-13,16,18-20,30H,14-15,17H2,1-5H3,(H2,31,32,33);2-9,16,18,29H,10-15,17H2,1H3;4-11,14,16,25-26H,12-13,15H2,1-3H3/t21-;20-;18-;16-/m1111/s1. The Labute approximate surface area is 876 Å². The Balaban J connectivity index is 0.000000158. The fraction of sp³-hybridized carbons (Fsp3) is 0.355. The number of ketones is 4. The van der Waals surface area contributed by atoms with Crippen molar-refractivity contribution in [1.29, 1.82) is 0 Å². The van der Waals surface area contributed by atoms with Crippen LogP contribution in [0.25, 0.3) is 43.6 Å². The predicted molar refractivity (Wildman–Crippen MR) is 583 cm³/mol. The van der Waals surface area contributed by atoms with E-state index in [4.69, 9.17) is 11.6 Å². The molecule has 5 aliphatic heterocycles. The summed E-state index contributed by atoms with van der Waals surface area (Å²) in [4.78, 5) is 211. The number of hydrogen-bond donors (Lipinski definition) is 9. The van der Waals surface area contributed by atoms with Gasteiger partial charge in [0.25, 0.3) is 70.4 Å². The molecule has 0 radical (unpaired) electrons. The van der Waals surface area contributed by atoms with E-state index in [2.05, 4.69) is 60.8 Å². The highest BCUT2D eigenvalue weighted by Gasteiger charge is 2.41. The van der Waals surface area contributed by atoms with Crippen molar-refractivity contribution in [3.8, 4) is 0 Å². The minimum absolute atomic E-state index is 0.0688. The first-order valence-corrected chi connectivity index (χ1v) is 52.3. The summed E-state index contributed by atoms with van der Waals surface area (Å²) >= 11 is 5.82. The molecule has 8 aromatic carbocycles. The van der Waals surface area contributed by atoms with Gasteiger partial charge in [-0.1, -0.05) is 121 Å². The van der Waals surface area contributed by atoms with Gasteiger partial charge in [-0.05, 0) is 162 Å². The van der Waals surface area contributed by atoms with Crippen molar-refractivity contribution in [1.82, 2.24) is 83.9 Å². The number of hydrogen-bond acceptors (Lipinski definition) is 18. The fourth-order valence-electron chi connectivity index (χ4n) is 18.8. The van der Waals surface area contributed by atoms with Gasteiger partial charge in [-0.2, -0.15) is 12.7 Å². The number of Topliss-reactive ketones (excluding diaryl/α,β-unsaturated/α-hetero) is 4. The molecule has 10 amide bonds. The molecule has 0 unspecified atom stereocenters. The van der Waals surface area contributed by atoms with Gasteiger partial charge < -0.3 is 90.2 Å². The number of fused-ring (bicyclic) bond motifs is 4. The second-order valence-electron chi connectivity index (χ2n) is 38.4. The molecular weight excluding hydrogens is 1950 g/mol. The van der Waals surface area contributed by atoms with Gasteiger partial charge >= 0.3 is 16.2 Å². The first-order valence-electron chi connectivity index (χ1n) is 50.3. The highest BCUT2D eigenvalue weighted by atomic mass is 35.5. The van der Waals surface area contributed by atoms with Crippen LogP contribution < -0.4 is 30.9 Å². The zero-order chi connectivity index (χ0) is 107. The number of amides is 10. The monoisotopic (exact) mass is 2080 g/mol. The number of aliphatic imine (C=N–C) groups is 2. The van der Waals surface area contributed by atoms with Crippen LogP contribution in [0.15, 0.2) is 229 Å². The van der Waals surface area contributed by atoms with Gasteiger partial charge in [-0.3, -0.25) is 77.1 Å². The first-order chi connectivity index (χ1) is 71.9. The number of aromatic nitrogens is 4. The first kappa shape index (κ1) is 110. The van der Waals surface area contributed by atoms with Gasteiger partial charge in [-0.25, -0.2) is 4.79 Å². The maximum Gasteiger partial charge on any atom is 0.324 e. The third-order valence-electron chi connectivity index (χ3n) is 26.5. The van der Waals surface area contributed by atoms with Crippen molar-refractivity contribution in [3.63, 3.8) is 0 Å². The number of benzene rings is 8. The number of halogens is 1. The molecule has 38 nitrogen and oxygen atoms in total. The number of guanidine groups is 2. The van der Waals surface area contributed by atoms with Crippen LogP contribution in [0.1, 0.15) is 152 Å². The zero-order valence-corrected chi connectivity index (χ0v) is 88.1. The van der Waals surface area contributed by atoms with Crippen LogP contribution in [-0.2, 0) is 29.4 Å². The van der Waals surface area contributed by atoms with Crippen molar-refractivity contribution < 1.29 is 70.7 Å². The molecular formula is C110H130ClN23O15S. The topological polar surface area (TPSA) is 443 Å². The SMILES string of the molecule is CC(C)N=C(Nc1cccc2c(C(=O)C(=O)N3CCN(C(=O)c4ccccc4)C[C@H]3C)c[nH]c12)NC(C)C.CCNC(=NCCCN(C)C)Nc1cccc2c(C(=O)C(=O)N3CCN(C(=O)c4ccccc4)C[C@H]3C)c[nH]c12.C[C@@H]1CN(C(=O)c2ccccc2)CCN1C(=O)C(=O)c1c[nH]c2c(N3CCN(CCCl)C3=O)cccc12.C[C@@H]1CN(C(=O)c2ccccc2)CCN1C(=O)C(=O)c1c[nH]c2c(NS(=O)(=O)N(C)C)cccc12. The van der Waals surface area contributed by atoms with Gasteiger partial charge in [0, 0.05) is 236 Å². The number of rotatable bonds is 27. The number of anilines is 4. The molecule has 0 saturated carbocycles. The summed E-state index contributed by atoms with van der Waals surface area (Å²) in [6.07, 6.45) is 7.07. The molecule has 788 valence electrons. The lowest BCUT2D eigenvalue weighted by atomic mass is 10.1. The summed E-state index contributed by atoms with van der Waals surface area (Å²) in [7, 11) is 3.12. The minimum Gasteiger partial charge on any atom is -0.359 e. The molecule has 17 rings (SSSR count). The van der Waals surface area contributed by atoms with E-state index >= 15 is 0 Å². The Morgan fingerprint density at radius 2 is 0.753 bits per heavy atom. The largest absolute Gasteiger partial charge is 0.359 e. The molecule has 9 N–H and O–H groups in total. The van der Waals surface area contributed by atoms with E-state index in [-0.39, 0.29) is 95.8 Å². The quantitative estimate of drug-likeness (QED) is 0.00576. The third kappa shape index (κ3) is 25.7. The minimum atomic E-state index is -3.76. The Hall–Kier alpha value is -15.9. The predicted octanol–water partition coefficient (Wildman–Crippen LogP) is 12.1. The van der Waals surface area contributed by atoms with Gasteiger partial charge in [-0.15, -0.1) is 11.6 Å². The van der Waals surface area contributed by atoms with Crippen molar-refractivity contribution in [2.45, 2.75) is 105 Å². The third-order valence-corrected chi connectivity index (χ3v) is 28.1. The van der Waals surface area contributed by atoms with Gasteiger partial charge in [0.05, 0.1) is 67.1 Å². The van der Waals surface area contributed by atoms with E-state index in [1.54, 1.807) is 150 Å². The Morgan fingerprint density at radius 1 is 0.420 bits per heavy atom. The van der Waals surface area contributed by atoms with Gasteiger partial charge in [0.2, 0.25) is 0 Å². The lowest BCUT2D eigenvalue weighted by Crippen LogP contribution is -2.56. The van der Waals surface area contributed by atoms with Crippen molar-refractivity contribution in [2.75, 3.05) is 172 Å². The van der Waals surface area contributed by atoms with Gasteiger partial charge in [0.1, 0.15) is 0 Å². The smallest absolute Gasteiger partial charge is 0.324 e. The number of H-pyrrole nitrogens is 4. The molecule has 5 aliphatic rings. The normalized spacial score (nSPS) is 16.7. The van der Waals surface area contributed by atoms with Crippen molar-refractivity contribution >= 4 is 177 Å². The fourth-order valence-corrected chi connectivity index (χ4v) is 19.6. The highest BCUT2D eigenvalue weighted by Crippen LogP contribution is 2.35. The Kier molecular flexibility index (Phi) is 36.4. The van der Waals surface area contributed by atoms with Crippen molar-refractivity contribution in [2.24, 2.45) is 9.98 Å². The van der Waals surface area contributed by atoms with E-state index in [0.717, 1.165) is 39.7 Å². The summed E-state index contributed by atoms with van der Waals surface area (Å²) in [5, 5.41) is 15.6. The molecule has 5 saturated heterocycles. The summed E-state index contributed by atoms with van der Waals surface area (Å²) < 4.78 is 28.0. The average Bonchev–Trinajstić information content (AvgIpc) is 1.62. The molecule has 5 fully saturated rings. The number of piperazine rings is 4. The number of nitrogens with one attached hydrogen (secondary N) is 9. The molecule has 0 bridgehead atoms. The van der Waals surface area contributed by atoms with Crippen LogP contribution in [0.5, 0.6) is 0 Å². The Bertz CT molecular complexity index is 7130. The van der Waals surface area contributed by atoms with Crippen LogP contribution >= 0.6 is 11.6 Å². The number of para-hydroxylation sites is 4. The van der Waals surface area contributed by atoms with Crippen LogP contribution in [0.3, 0.4) is 0 Å². The zero-order valence-electron chi connectivity index (χ0n) is 86.6. The van der Waals surface area contributed by atoms with Gasteiger partial charge in [0.15, 0.2) is 11.9 Å². The highest BCUT2D eigenvalue weighted by molar-refractivity contribution is 7.90. The summed E-state index contributed by atoms with van der Waals surface area (Å²) in [5.74, 6) is -3.52. The molecule has 9 heterocycles. The molecule has 12 aromatic rings. The van der Waals surface area contributed by atoms with E-state index in [1.165, 1.54) is 36.3 Å².